The molecule has 0 fully saturated rings. The Balaban J connectivity index is 1.76. The number of carboxylic acids is 1. The van der Waals surface area contributed by atoms with Gasteiger partial charge < -0.3 is 36.8 Å². The van der Waals surface area contributed by atoms with Crippen molar-refractivity contribution in [3.63, 3.8) is 0 Å². The van der Waals surface area contributed by atoms with Crippen molar-refractivity contribution >= 4 is 59.0 Å². The first-order valence-corrected chi connectivity index (χ1v) is 16.2. The van der Waals surface area contributed by atoms with E-state index in [0.717, 1.165) is 17.1 Å². The minimum atomic E-state index is -1.46. The standard InChI is InChI=1S/C35H40N6O11/c1-21(42)52-20-23-7-9-24(10-8-23)37-33(49)26(12-16-32(47)48)39-34(50)25(11-13-28(36)43)40-35(51)27(19-22-5-3-2-4-6-22)38-29(44)17-18-41-30(45)14-15-31(41)46/h2-10,14-15,25-27H,11-13,16-20H2,1H3,(H2,36,43)(H,37,49)(H,38,44)(H,39,50)(H,40,51)(H,47,48)/t25-,26-,27-/m0/s1. The van der Waals surface area contributed by atoms with E-state index in [1.165, 1.54) is 19.1 Å². The van der Waals surface area contributed by atoms with Crippen molar-refractivity contribution in [2.45, 2.75) is 70.2 Å². The molecule has 1 aliphatic heterocycles. The summed E-state index contributed by atoms with van der Waals surface area (Å²) in [5, 5.41) is 19.4. The Morgan fingerprint density at radius 3 is 1.88 bits per heavy atom. The quantitative estimate of drug-likeness (QED) is 0.0773. The van der Waals surface area contributed by atoms with Crippen molar-refractivity contribution in [1.82, 2.24) is 20.9 Å². The molecule has 0 saturated carbocycles. The van der Waals surface area contributed by atoms with Gasteiger partial charge in [0.1, 0.15) is 24.7 Å². The molecule has 1 aliphatic rings. The SMILES string of the molecule is CC(=O)OCc1ccc(NC(=O)[C@H](CCC(=O)O)NC(=O)[C@H](CCC(N)=O)NC(=O)[C@H](Cc2ccccc2)NC(=O)CCN2C(=O)C=CC2=O)cc1. The first-order valence-electron chi connectivity index (χ1n) is 16.2. The van der Waals surface area contributed by atoms with Crippen LogP contribution < -0.4 is 27.0 Å². The number of benzene rings is 2. The summed E-state index contributed by atoms with van der Waals surface area (Å²) in [4.78, 5) is 112. The van der Waals surface area contributed by atoms with Crippen LogP contribution in [-0.4, -0.2) is 88.0 Å². The fraction of sp³-hybridized carbons (Fsp3) is 0.343. The minimum absolute atomic E-state index is 0.00743. The van der Waals surface area contributed by atoms with Gasteiger partial charge in [0.05, 0.1) is 0 Å². The molecule has 2 aromatic carbocycles. The molecule has 0 spiro atoms. The third kappa shape index (κ3) is 13.5. The van der Waals surface area contributed by atoms with Gasteiger partial charge in [-0.25, -0.2) is 0 Å². The van der Waals surface area contributed by atoms with E-state index < -0.39 is 77.8 Å². The summed E-state index contributed by atoms with van der Waals surface area (Å²) in [6.45, 7) is 1.03. The number of hydrogen-bond acceptors (Lipinski definition) is 10. The van der Waals surface area contributed by atoms with Gasteiger partial charge in [0.2, 0.25) is 29.5 Å². The normalized spacial score (nSPS) is 13.8. The summed E-state index contributed by atoms with van der Waals surface area (Å²) >= 11 is 0. The average molecular weight is 721 g/mol. The molecule has 52 heavy (non-hydrogen) atoms. The smallest absolute Gasteiger partial charge is 0.303 e. The van der Waals surface area contributed by atoms with Gasteiger partial charge in [0.25, 0.3) is 11.8 Å². The number of aliphatic carboxylic acids is 1. The fourth-order valence-electron chi connectivity index (χ4n) is 4.93. The van der Waals surface area contributed by atoms with Crippen molar-refractivity contribution in [2.75, 3.05) is 11.9 Å². The molecule has 1 heterocycles. The van der Waals surface area contributed by atoms with Gasteiger partial charge in [-0.15, -0.1) is 0 Å². The largest absolute Gasteiger partial charge is 0.481 e. The Morgan fingerprint density at radius 2 is 1.31 bits per heavy atom. The number of nitrogens with two attached hydrogens (primary N) is 1. The number of hydrogen-bond donors (Lipinski definition) is 6. The summed E-state index contributed by atoms with van der Waals surface area (Å²) in [6, 6.07) is 10.7. The van der Waals surface area contributed by atoms with E-state index in [2.05, 4.69) is 21.3 Å². The second kappa shape index (κ2) is 19.7. The monoisotopic (exact) mass is 720 g/mol. The Bertz CT molecular complexity index is 1680. The lowest BCUT2D eigenvalue weighted by atomic mass is 10.0. The number of imide groups is 1. The van der Waals surface area contributed by atoms with E-state index in [9.17, 15) is 48.3 Å². The number of carboxylic acid groups (broad SMARTS) is 1. The second-order valence-electron chi connectivity index (χ2n) is 11.7. The van der Waals surface area contributed by atoms with E-state index >= 15 is 0 Å². The third-order valence-corrected chi connectivity index (χ3v) is 7.65. The summed E-state index contributed by atoms with van der Waals surface area (Å²) < 4.78 is 4.93. The number of ether oxygens (including phenoxy) is 1. The lowest BCUT2D eigenvalue weighted by Gasteiger charge is -2.25. The molecule has 0 radical (unpaired) electrons. The number of esters is 1. The molecule has 17 heteroatoms. The van der Waals surface area contributed by atoms with E-state index in [1.807, 2.05) is 0 Å². The lowest BCUT2D eigenvalue weighted by molar-refractivity contribution is -0.142. The van der Waals surface area contributed by atoms with Gasteiger partial charge in [-0.05, 0) is 36.1 Å². The topological polar surface area (TPSA) is 260 Å². The van der Waals surface area contributed by atoms with Crippen LogP contribution in [0.5, 0.6) is 0 Å². The zero-order valence-corrected chi connectivity index (χ0v) is 28.3. The number of amides is 7. The highest BCUT2D eigenvalue weighted by Crippen LogP contribution is 2.13. The van der Waals surface area contributed by atoms with Crippen LogP contribution in [0.25, 0.3) is 0 Å². The maximum absolute atomic E-state index is 13.7. The number of nitrogens with zero attached hydrogens (tertiary/aromatic N) is 1. The van der Waals surface area contributed by atoms with Crippen LogP contribution >= 0.6 is 0 Å². The van der Waals surface area contributed by atoms with Crippen LogP contribution in [0.4, 0.5) is 5.69 Å². The van der Waals surface area contributed by atoms with Crippen molar-refractivity contribution < 1.29 is 53.0 Å². The Labute approximate surface area is 298 Å². The van der Waals surface area contributed by atoms with Crippen LogP contribution in [0.15, 0.2) is 66.7 Å². The van der Waals surface area contributed by atoms with Gasteiger partial charge in [-0.1, -0.05) is 42.5 Å². The molecule has 276 valence electrons. The van der Waals surface area contributed by atoms with E-state index in [1.54, 1.807) is 42.5 Å². The Kier molecular flexibility index (Phi) is 15.2. The maximum atomic E-state index is 13.7. The van der Waals surface area contributed by atoms with Crippen molar-refractivity contribution in [2.24, 2.45) is 5.73 Å². The number of anilines is 1. The molecule has 0 unspecified atom stereocenters. The van der Waals surface area contributed by atoms with Crippen molar-refractivity contribution in [3.8, 4) is 0 Å². The zero-order valence-electron chi connectivity index (χ0n) is 28.3. The lowest BCUT2D eigenvalue weighted by Crippen LogP contribution is -2.57. The third-order valence-electron chi connectivity index (χ3n) is 7.65. The summed E-state index contributed by atoms with van der Waals surface area (Å²) in [5.74, 6) is -6.88. The summed E-state index contributed by atoms with van der Waals surface area (Å²) in [7, 11) is 0. The van der Waals surface area contributed by atoms with E-state index in [4.69, 9.17) is 10.5 Å². The van der Waals surface area contributed by atoms with Crippen molar-refractivity contribution in [3.05, 3.63) is 77.9 Å². The molecule has 0 aromatic heterocycles. The Hall–Kier alpha value is -6.39. The fourth-order valence-corrected chi connectivity index (χ4v) is 4.93. The number of rotatable bonds is 20. The van der Waals surface area contributed by atoms with Gasteiger partial charge >= 0.3 is 11.9 Å². The maximum Gasteiger partial charge on any atom is 0.303 e. The Morgan fingerprint density at radius 1 is 0.731 bits per heavy atom. The van der Waals surface area contributed by atoms with Gasteiger partial charge in [-0.2, -0.15) is 0 Å². The molecule has 0 bridgehead atoms. The summed E-state index contributed by atoms with van der Waals surface area (Å²) in [6.07, 6.45) is 0.296. The molecular formula is C35H40N6O11. The van der Waals surface area contributed by atoms with E-state index in [-0.39, 0.29) is 45.3 Å². The van der Waals surface area contributed by atoms with Gasteiger partial charge in [0.15, 0.2) is 0 Å². The summed E-state index contributed by atoms with van der Waals surface area (Å²) in [5.41, 5.74) is 6.88. The molecule has 0 aliphatic carbocycles. The minimum Gasteiger partial charge on any atom is -0.481 e. The predicted octanol–water partition coefficient (Wildman–Crippen LogP) is -0.169. The first kappa shape index (κ1) is 40.0. The van der Waals surface area contributed by atoms with E-state index in [0.29, 0.717) is 16.8 Å². The number of carbonyl (C=O) groups excluding carboxylic acids is 8. The first-order chi connectivity index (χ1) is 24.7. The zero-order chi connectivity index (χ0) is 38.2. The van der Waals surface area contributed by atoms with Crippen molar-refractivity contribution in [1.29, 1.82) is 0 Å². The second-order valence-corrected chi connectivity index (χ2v) is 11.7. The van der Waals surface area contributed by atoms with Gasteiger partial charge in [-0.3, -0.25) is 48.1 Å². The highest BCUT2D eigenvalue weighted by Gasteiger charge is 2.31. The number of primary amides is 1. The van der Waals surface area contributed by atoms with Gasteiger partial charge in [0, 0.05) is 57.0 Å². The van der Waals surface area contributed by atoms with Crippen LogP contribution in [0.3, 0.4) is 0 Å². The highest BCUT2D eigenvalue weighted by molar-refractivity contribution is 6.13. The van der Waals surface area contributed by atoms with Crippen LogP contribution in [0.2, 0.25) is 0 Å². The highest BCUT2D eigenvalue weighted by atomic mass is 16.5. The molecular weight excluding hydrogens is 680 g/mol. The van der Waals surface area contributed by atoms with Crippen LogP contribution in [0, 0.1) is 0 Å². The molecule has 17 nitrogen and oxygen atoms in total. The van der Waals surface area contributed by atoms with Crippen LogP contribution in [-0.2, 0) is 60.9 Å². The molecule has 3 atom stereocenters. The van der Waals surface area contributed by atoms with Crippen LogP contribution in [0.1, 0.15) is 50.2 Å². The number of nitrogens with one attached hydrogen (secondary N) is 4. The molecule has 7 amide bonds. The number of carbonyl (C=O) groups is 9. The average Bonchev–Trinajstić information content (AvgIpc) is 3.42. The molecule has 7 N–H and O–H groups in total. The molecule has 0 saturated heterocycles. The molecule has 3 rings (SSSR count). The molecule has 2 aromatic rings. The predicted molar refractivity (Wildman–Crippen MR) is 182 cm³/mol.